The van der Waals surface area contributed by atoms with Crippen LogP contribution in [-0.4, -0.2) is 41.4 Å². The minimum atomic E-state index is -0.283. The molecule has 3 rings (SSSR count). The molecule has 0 spiro atoms. The van der Waals surface area contributed by atoms with Crippen LogP contribution in [0.4, 0.5) is 0 Å². The Morgan fingerprint density at radius 2 is 2.11 bits per heavy atom. The Bertz CT molecular complexity index is 916. The van der Waals surface area contributed by atoms with Crippen molar-refractivity contribution < 1.29 is 18.8 Å². The highest BCUT2D eigenvalue weighted by atomic mass is 16.5. The third-order valence-corrected chi connectivity index (χ3v) is 4.20. The van der Waals surface area contributed by atoms with Crippen molar-refractivity contribution in [1.29, 1.82) is 0 Å². The zero-order valence-corrected chi connectivity index (χ0v) is 15.6. The van der Waals surface area contributed by atoms with E-state index in [-0.39, 0.29) is 11.6 Å². The number of nitrogens with zero attached hydrogens (tertiary/aromatic N) is 3. The zero-order valence-electron chi connectivity index (χ0n) is 15.6. The minimum Gasteiger partial charge on any atom is -0.497 e. The number of aryl methyl sites for hydroxylation is 2. The summed E-state index contributed by atoms with van der Waals surface area (Å²) in [7, 11) is 3.15. The van der Waals surface area contributed by atoms with Crippen LogP contribution in [0.5, 0.6) is 11.5 Å². The van der Waals surface area contributed by atoms with Crippen LogP contribution in [0.3, 0.4) is 0 Å². The molecule has 2 heterocycles. The molecule has 0 aliphatic rings. The summed E-state index contributed by atoms with van der Waals surface area (Å²) in [5, 5.41) is 6.71. The molecule has 0 radical (unpaired) electrons. The minimum absolute atomic E-state index is 0.216. The number of hydrogen-bond acceptors (Lipinski definition) is 6. The van der Waals surface area contributed by atoms with E-state index in [4.69, 9.17) is 14.0 Å². The molecule has 8 heteroatoms. The second kappa shape index (κ2) is 8.39. The molecule has 0 atom stereocenters. The van der Waals surface area contributed by atoms with Crippen LogP contribution >= 0.6 is 0 Å². The zero-order chi connectivity index (χ0) is 19.2. The molecule has 3 aromatic rings. The largest absolute Gasteiger partial charge is 0.497 e. The lowest BCUT2D eigenvalue weighted by Crippen LogP contribution is -2.25. The van der Waals surface area contributed by atoms with Crippen molar-refractivity contribution in [1.82, 2.24) is 20.0 Å². The highest BCUT2D eigenvalue weighted by Gasteiger charge is 2.17. The predicted octanol–water partition coefficient (Wildman–Crippen LogP) is 2.68. The third-order valence-electron chi connectivity index (χ3n) is 4.20. The van der Waals surface area contributed by atoms with E-state index in [9.17, 15) is 4.79 Å². The van der Waals surface area contributed by atoms with Gasteiger partial charge in [0, 0.05) is 31.5 Å². The summed E-state index contributed by atoms with van der Waals surface area (Å²) in [5.74, 6) is 2.37. The summed E-state index contributed by atoms with van der Waals surface area (Å²) < 4.78 is 17.9. The molecule has 0 fully saturated rings. The summed E-state index contributed by atoms with van der Waals surface area (Å²) in [6.07, 6.45) is 4.47. The molecule has 0 saturated heterocycles. The number of benzene rings is 1. The Hall–Kier alpha value is -3.29. The van der Waals surface area contributed by atoms with Crippen LogP contribution in [0, 0.1) is 6.92 Å². The lowest BCUT2D eigenvalue weighted by Gasteiger charge is -2.07. The fraction of sp³-hybridized carbons (Fsp3) is 0.316. The average Bonchev–Trinajstić information content (AvgIpc) is 3.34. The molecule has 142 valence electrons. The van der Waals surface area contributed by atoms with Crippen LogP contribution in [0.2, 0.25) is 0 Å². The SMILES string of the molecule is COc1ccc(OC)c(-c2cc(C(=O)NCCCn3ccnc3C)no2)c1. The van der Waals surface area contributed by atoms with E-state index >= 15 is 0 Å². The van der Waals surface area contributed by atoms with Crippen molar-refractivity contribution in [2.75, 3.05) is 20.8 Å². The molecule has 1 N–H and O–H groups in total. The van der Waals surface area contributed by atoms with Gasteiger partial charge >= 0.3 is 0 Å². The van der Waals surface area contributed by atoms with Crippen molar-refractivity contribution in [2.45, 2.75) is 19.9 Å². The van der Waals surface area contributed by atoms with Crippen LogP contribution < -0.4 is 14.8 Å². The number of rotatable bonds is 8. The number of hydrogen-bond donors (Lipinski definition) is 1. The quantitative estimate of drug-likeness (QED) is 0.613. The second-order valence-electron chi connectivity index (χ2n) is 5.92. The Morgan fingerprint density at radius 1 is 1.26 bits per heavy atom. The summed E-state index contributed by atoms with van der Waals surface area (Å²) in [6.45, 7) is 3.26. The van der Waals surface area contributed by atoms with E-state index < -0.39 is 0 Å². The third kappa shape index (κ3) is 4.28. The van der Waals surface area contributed by atoms with Crippen LogP contribution in [0.1, 0.15) is 22.7 Å². The maximum Gasteiger partial charge on any atom is 0.273 e. The summed E-state index contributed by atoms with van der Waals surface area (Å²) >= 11 is 0. The fourth-order valence-electron chi connectivity index (χ4n) is 2.70. The lowest BCUT2D eigenvalue weighted by molar-refractivity contribution is 0.0944. The summed E-state index contributed by atoms with van der Waals surface area (Å²) in [4.78, 5) is 16.5. The van der Waals surface area contributed by atoms with Gasteiger partial charge in [-0.1, -0.05) is 5.16 Å². The number of aromatic nitrogens is 3. The van der Waals surface area contributed by atoms with Crippen molar-refractivity contribution in [3.63, 3.8) is 0 Å². The van der Waals surface area contributed by atoms with E-state index in [0.717, 1.165) is 18.8 Å². The molecular formula is C19H22N4O4. The predicted molar refractivity (Wildman–Crippen MR) is 99.0 cm³/mol. The van der Waals surface area contributed by atoms with Gasteiger partial charge in [0.2, 0.25) is 0 Å². The van der Waals surface area contributed by atoms with Crippen molar-refractivity contribution >= 4 is 5.91 Å². The molecule has 0 bridgehead atoms. The average molecular weight is 370 g/mol. The molecule has 27 heavy (non-hydrogen) atoms. The van der Waals surface area contributed by atoms with Crippen LogP contribution in [-0.2, 0) is 6.54 Å². The Balaban J connectivity index is 1.61. The van der Waals surface area contributed by atoms with Crippen molar-refractivity contribution in [3.05, 3.63) is 48.2 Å². The van der Waals surface area contributed by atoms with E-state index in [1.165, 1.54) is 0 Å². The van der Waals surface area contributed by atoms with Gasteiger partial charge in [-0.25, -0.2) is 4.98 Å². The molecular weight excluding hydrogens is 348 g/mol. The van der Waals surface area contributed by atoms with Gasteiger partial charge in [-0.3, -0.25) is 4.79 Å². The lowest BCUT2D eigenvalue weighted by atomic mass is 10.1. The normalized spacial score (nSPS) is 10.6. The molecule has 1 amide bonds. The van der Waals surface area contributed by atoms with Gasteiger partial charge in [0.1, 0.15) is 17.3 Å². The fourth-order valence-corrected chi connectivity index (χ4v) is 2.70. The van der Waals surface area contributed by atoms with Crippen molar-refractivity contribution in [3.8, 4) is 22.8 Å². The van der Waals surface area contributed by atoms with Gasteiger partial charge in [-0.15, -0.1) is 0 Å². The monoisotopic (exact) mass is 370 g/mol. The molecule has 8 nitrogen and oxygen atoms in total. The number of methoxy groups -OCH3 is 2. The van der Waals surface area contributed by atoms with Crippen LogP contribution in [0.15, 0.2) is 41.2 Å². The smallest absolute Gasteiger partial charge is 0.273 e. The number of ether oxygens (including phenoxy) is 2. The van der Waals surface area contributed by atoms with Gasteiger partial charge in [-0.2, -0.15) is 0 Å². The van der Waals surface area contributed by atoms with Gasteiger partial charge in [-0.05, 0) is 31.5 Å². The number of carbonyl (C=O) groups excluding carboxylic acids is 1. The molecule has 0 aliphatic carbocycles. The Morgan fingerprint density at radius 3 is 2.81 bits per heavy atom. The van der Waals surface area contributed by atoms with Crippen molar-refractivity contribution in [2.24, 2.45) is 0 Å². The first-order valence-corrected chi connectivity index (χ1v) is 8.57. The van der Waals surface area contributed by atoms with E-state index in [1.54, 1.807) is 44.7 Å². The second-order valence-corrected chi connectivity index (χ2v) is 5.92. The Kier molecular flexibility index (Phi) is 5.75. The number of nitrogens with one attached hydrogen (secondary N) is 1. The highest BCUT2D eigenvalue weighted by molar-refractivity contribution is 5.93. The number of amides is 1. The Labute approximate surface area is 157 Å². The van der Waals surface area contributed by atoms with Gasteiger partial charge in [0.05, 0.1) is 19.8 Å². The molecule has 2 aromatic heterocycles. The summed E-state index contributed by atoms with van der Waals surface area (Å²) in [5.41, 5.74) is 0.882. The summed E-state index contributed by atoms with van der Waals surface area (Å²) in [6, 6.07) is 6.92. The van der Waals surface area contributed by atoms with Gasteiger partial charge in [0.25, 0.3) is 5.91 Å². The van der Waals surface area contributed by atoms with Gasteiger partial charge in [0.15, 0.2) is 11.5 Å². The van der Waals surface area contributed by atoms with E-state index in [2.05, 4.69) is 15.5 Å². The molecule has 0 aliphatic heterocycles. The number of carbonyl (C=O) groups is 1. The topological polar surface area (TPSA) is 91.4 Å². The maximum atomic E-state index is 12.3. The van der Waals surface area contributed by atoms with E-state index in [1.807, 2.05) is 17.7 Å². The highest BCUT2D eigenvalue weighted by Crippen LogP contribution is 2.33. The maximum absolute atomic E-state index is 12.3. The van der Waals surface area contributed by atoms with E-state index in [0.29, 0.717) is 29.4 Å². The molecule has 1 aromatic carbocycles. The first-order valence-electron chi connectivity index (χ1n) is 8.57. The standard InChI is InChI=1S/C19H22N4O4/c1-13-20-8-10-23(13)9-4-7-21-19(24)16-12-18(27-22-16)15-11-14(25-2)5-6-17(15)26-3/h5-6,8,10-12H,4,7,9H2,1-3H3,(H,21,24). The molecule has 0 saturated carbocycles. The first kappa shape index (κ1) is 18.5. The number of imidazole rings is 1. The van der Waals surface area contributed by atoms with Crippen LogP contribution in [0.25, 0.3) is 11.3 Å². The first-order chi connectivity index (χ1) is 13.1. The molecule has 0 unspecified atom stereocenters. The van der Waals surface area contributed by atoms with Gasteiger partial charge < -0.3 is 23.9 Å².